The molecule has 0 saturated carbocycles. The average Bonchev–Trinajstić information content (AvgIpc) is 2.64. The van der Waals surface area contributed by atoms with Gasteiger partial charge in [0.2, 0.25) is 0 Å². The van der Waals surface area contributed by atoms with Gasteiger partial charge in [0.05, 0.1) is 0 Å². The van der Waals surface area contributed by atoms with Gasteiger partial charge in [0.1, 0.15) is 0 Å². The molecular formula is C21H15ClN2O. The van der Waals surface area contributed by atoms with Gasteiger partial charge in [-0.05, 0) is 58.5 Å². The normalized spacial score (nSPS) is 10.9. The second-order valence-corrected chi connectivity index (χ2v) is 6.40. The van der Waals surface area contributed by atoms with E-state index in [1.807, 2.05) is 54.6 Å². The van der Waals surface area contributed by atoms with Crippen LogP contribution in [0.3, 0.4) is 0 Å². The number of nitrogens with one attached hydrogen (secondary N) is 1. The Morgan fingerprint density at radius 2 is 1.64 bits per heavy atom. The summed E-state index contributed by atoms with van der Waals surface area (Å²) in [5, 5.41) is 1.71. The van der Waals surface area contributed by atoms with Gasteiger partial charge in [-0.2, -0.15) is 0 Å². The summed E-state index contributed by atoms with van der Waals surface area (Å²) in [4.78, 5) is 19.5. The van der Waals surface area contributed by atoms with Crippen molar-refractivity contribution < 1.29 is 0 Å². The Kier molecular flexibility index (Phi) is 4.08. The molecule has 25 heavy (non-hydrogen) atoms. The molecule has 0 aliphatic heterocycles. The Bertz CT molecular complexity index is 1090. The van der Waals surface area contributed by atoms with Crippen LogP contribution in [0, 0.1) is 0 Å². The summed E-state index contributed by atoms with van der Waals surface area (Å²) in [6, 6.07) is 19.5. The van der Waals surface area contributed by atoms with Crippen LogP contribution in [0.1, 0.15) is 11.1 Å². The molecule has 4 rings (SSSR count). The lowest BCUT2D eigenvalue weighted by Gasteiger charge is -2.07. The van der Waals surface area contributed by atoms with Crippen molar-refractivity contribution >= 4 is 22.5 Å². The maximum atomic E-state index is 12.5. The van der Waals surface area contributed by atoms with Gasteiger partial charge >= 0.3 is 0 Å². The molecule has 2 heterocycles. The fourth-order valence-corrected chi connectivity index (χ4v) is 3.05. The highest BCUT2D eigenvalue weighted by molar-refractivity contribution is 6.30. The Hall–Kier alpha value is -2.91. The van der Waals surface area contributed by atoms with E-state index in [9.17, 15) is 4.79 Å². The molecule has 2 aromatic carbocycles. The smallest absolute Gasteiger partial charge is 0.251 e. The number of nitrogens with zero attached hydrogens (tertiary/aromatic N) is 1. The molecule has 0 spiro atoms. The van der Waals surface area contributed by atoms with Crippen LogP contribution in [0.25, 0.3) is 22.0 Å². The van der Waals surface area contributed by atoms with E-state index < -0.39 is 0 Å². The zero-order valence-electron chi connectivity index (χ0n) is 13.4. The lowest BCUT2D eigenvalue weighted by atomic mass is 10.0. The largest absolute Gasteiger partial charge is 0.322 e. The van der Waals surface area contributed by atoms with Crippen molar-refractivity contribution in [3.63, 3.8) is 0 Å². The number of rotatable bonds is 3. The van der Waals surface area contributed by atoms with Crippen molar-refractivity contribution in [2.24, 2.45) is 0 Å². The molecule has 0 bridgehead atoms. The number of hydrogen-bond donors (Lipinski definition) is 1. The molecule has 0 aliphatic rings. The summed E-state index contributed by atoms with van der Waals surface area (Å²) in [6.45, 7) is 0. The molecule has 3 nitrogen and oxygen atoms in total. The predicted octanol–water partition coefficient (Wildman–Crippen LogP) is 4.83. The lowest BCUT2D eigenvalue weighted by Crippen LogP contribution is -2.12. The van der Waals surface area contributed by atoms with Crippen LogP contribution < -0.4 is 5.56 Å². The monoisotopic (exact) mass is 346 g/mol. The summed E-state index contributed by atoms with van der Waals surface area (Å²) >= 11 is 5.92. The maximum absolute atomic E-state index is 12.5. The minimum atomic E-state index is -0.0608. The van der Waals surface area contributed by atoms with Crippen molar-refractivity contribution in [1.29, 1.82) is 0 Å². The molecule has 4 heteroatoms. The summed E-state index contributed by atoms with van der Waals surface area (Å²) < 4.78 is 0. The van der Waals surface area contributed by atoms with E-state index in [-0.39, 0.29) is 5.56 Å². The van der Waals surface area contributed by atoms with Gasteiger partial charge in [0.15, 0.2) is 0 Å². The van der Waals surface area contributed by atoms with E-state index >= 15 is 0 Å². The number of hydrogen-bond acceptors (Lipinski definition) is 2. The van der Waals surface area contributed by atoms with E-state index in [1.165, 1.54) is 0 Å². The van der Waals surface area contributed by atoms with Gasteiger partial charge in [-0.15, -0.1) is 0 Å². The van der Waals surface area contributed by atoms with Crippen LogP contribution in [0.5, 0.6) is 0 Å². The average molecular weight is 347 g/mol. The number of fused-ring (bicyclic) bond motifs is 1. The lowest BCUT2D eigenvalue weighted by molar-refractivity contribution is 1.12. The third-order valence-corrected chi connectivity index (χ3v) is 4.50. The van der Waals surface area contributed by atoms with E-state index in [4.69, 9.17) is 11.6 Å². The zero-order valence-corrected chi connectivity index (χ0v) is 14.1. The summed E-state index contributed by atoms with van der Waals surface area (Å²) in [7, 11) is 0. The molecule has 0 atom stereocenters. The first kappa shape index (κ1) is 15.6. The molecule has 0 unspecified atom stereocenters. The van der Waals surface area contributed by atoms with Crippen LogP contribution in [0.15, 0.2) is 77.9 Å². The highest BCUT2D eigenvalue weighted by atomic mass is 35.5. The number of pyridine rings is 2. The van der Waals surface area contributed by atoms with Crippen LogP contribution in [0.2, 0.25) is 5.02 Å². The molecule has 0 amide bonds. The molecule has 0 aliphatic carbocycles. The number of H-pyrrole nitrogens is 1. The molecule has 1 N–H and O–H groups in total. The third-order valence-electron chi connectivity index (χ3n) is 4.24. The highest BCUT2D eigenvalue weighted by Crippen LogP contribution is 2.23. The van der Waals surface area contributed by atoms with Crippen molar-refractivity contribution in [3.05, 3.63) is 99.6 Å². The van der Waals surface area contributed by atoms with Crippen molar-refractivity contribution in [2.75, 3.05) is 0 Å². The number of aromatic nitrogens is 2. The SMILES string of the molecule is O=c1[nH]c2cc(-c3ccncc3)ccc2cc1Cc1ccc(Cl)cc1. The van der Waals surface area contributed by atoms with Crippen LogP contribution in [-0.4, -0.2) is 9.97 Å². The van der Waals surface area contributed by atoms with Crippen LogP contribution >= 0.6 is 11.6 Å². The molecule has 4 aromatic rings. The minimum Gasteiger partial charge on any atom is -0.322 e. The second-order valence-electron chi connectivity index (χ2n) is 5.96. The Labute approximate surface area is 149 Å². The van der Waals surface area contributed by atoms with Crippen molar-refractivity contribution in [2.45, 2.75) is 6.42 Å². The highest BCUT2D eigenvalue weighted by Gasteiger charge is 2.06. The molecule has 0 radical (unpaired) electrons. The van der Waals surface area contributed by atoms with Crippen molar-refractivity contribution in [3.8, 4) is 11.1 Å². The summed E-state index contributed by atoms with van der Waals surface area (Å²) in [5.74, 6) is 0. The summed E-state index contributed by atoms with van der Waals surface area (Å²) in [5.41, 5.74) is 4.70. The number of aromatic amines is 1. The fraction of sp³-hybridized carbons (Fsp3) is 0.0476. The molecule has 0 saturated heterocycles. The van der Waals surface area contributed by atoms with Crippen LogP contribution in [0.4, 0.5) is 0 Å². The first-order valence-corrected chi connectivity index (χ1v) is 8.38. The first-order valence-electron chi connectivity index (χ1n) is 8.00. The van der Waals surface area contributed by atoms with E-state index in [2.05, 4.69) is 16.0 Å². The maximum Gasteiger partial charge on any atom is 0.251 e. The predicted molar refractivity (Wildman–Crippen MR) is 102 cm³/mol. The van der Waals surface area contributed by atoms with Gasteiger partial charge in [-0.25, -0.2) is 0 Å². The first-order chi connectivity index (χ1) is 12.2. The molecule has 0 fully saturated rings. The molecule has 122 valence electrons. The number of halogens is 1. The number of benzene rings is 2. The van der Waals surface area contributed by atoms with Crippen LogP contribution in [-0.2, 0) is 6.42 Å². The fourth-order valence-electron chi connectivity index (χ4n) is 2.92. The van der Waals surface area contributed by atoms with E-state index in [0.29, 0.717) is 11.4 Å². The second kappa shape index (κ2) is 6.54. The third kappa shape index (κ3) is 3.32. The zero-order chi connectivity index (χ0) is 17.2. The topological polar surface area (TPSA) is 45.8 Å². The quantitative estimate of drug-likeness (QED) is 0.577. The van der Waals surface area contributed by atoms with Gasteiger partial charge in [0.25, 0.3) is 5.56 Å². The minimum absolute atomic E-state index is 0.0608. The van der Waals surface area contributed by atoms with Gasteiger partial charge in [-0.3, -0.25) is 9.78 Å². The molecule has 2 aromatic heterocycles. The van der Waals surface area contributed by atoms with Gasteiger partial charge in [0, 0.05) is 34.9 Å². The van der Waals surface area contributed by atoms with Gasteiger partial charge < -0.3 is 4.98 Å². The van der Waals surface area contributed by atoms with Gasteiger partial charge in [-0.1, -0.05) is 35.9 Å². The van der Waals surface area contributed by atoms with E-state index in [1.54, 1.807) is 12.4 Å². The van der Waals surface area contributed by atoms with Crippen molar-refractivity contribution in [1.82, 2.24) is 9.97 Å². The Balaban J connectivity index is 1.73. The van der Waals surface area contributed by atoms with E-state index in [0.717, 1.165) is 33.2 Å². The Morgan fingerprint density at radius 1 is 0.880 bits per heavy atom. The molecular weight excluding hydrogens is 332 g/mol. The standard InChI is InChI=1S/C21H15ClN2O/c22-19-5-1-14(2-6-19)11-18-12-17-4-3-16(13-20(17)24-21(18)25)15-7-9-23-10-8-15/h1-10,12-13H,11H2,(H,24,25). The summed E-state index contributed by atoms with van der Waals surface area (Å²) in [6.07, 6.45) is 4.10. The Morgan fingerprint density at radius 3 is 2.40 bits per heavy atom.